The van der Waals surface area contributed by atoms with Gasteiger partial charge in [0.25, 0.3) is 0 Å². The topological polar surface area (TPSA) is 35.2 Å². The van der Waals surface area contributed by atoms with Gasteiger partial charge in [-0.3, -0.25) is 0 Å². The lowest BCUT2D eigenvalue weighted by Crippen LogP contribution is -1.95. The van der Waals surface area contributed by atoms with E-state index in [-0.39, 0.29) is 5.75 Å². The van der Waals surface area contributed by atoms with E-state index in [4.69, 9.17) is 10.5 Å². The number of anilines is 1. The van der Waals surface area contributed by atoms with Crippen molar-refractivity contribution in [2.45, 2.75) is 6.92 Å². The van der Waals surface area contributed by atoms with Gasteiger partial charge in [0.15, 0.2) is 17.4 Å². The average Bonchev–Trinajstić information content (AvgIpc) is 2.30. The van der Waals surface area contributed by atoms with Gasteiger partial charge in [0.2, 0.25) is 0 Å². The second kappa shape index (κ2) is 4.94. The summed E-state index contributed by atoms with van der Waals surface area (Å²) in [5.74, 6) is -1.23. The molecule has 2 nitrogen and oxygen atoms in total. The Morgan fingerprint density at radius 2 is 1.72 bits per heavy atom. The van der Waals surface area contributed by atoms with Crippen molar-refractivity contribution in [3.05, 3.63) is 52.0 Å². The monoisotopic (exact) mass is 313 g/mol. The Kier molecular flexibility index (Phi) is 3.52. The molecule has 2 aromatic carbocycles. The zero-order chi connectivity index (χ0) is 13.3. The number of benzene rings is 2. The summed E-state index contributed by atoms with van der Waals surface area (Å²) in [6.07, 6.45) is 0. The average molecular weight is 314 g/mol. The van der Waals surface area contributed by atoms with Crippen molar-refractivity contribution in [3.63, 3.8) is 0 Å². The largest absolute Gasteiger partial charge is 0.455 e. The zero-order valence-electron chi connectivity index (χ0n) is 9.51. The van der Waals surface area contributed by atoms with Gasteiger partial charge in [-0.2, -0.15) is 0 Å². The molecule has 0 saturated carbocycles. The van der Waals surface area contributed by atoms with E-state index >= 15 is 0 Å². The van der Waals surface area contributed by atoms with Gasteiger partial charge in [0.05, 0.1) is 5.69 Å². The van der Waals surface area contributed by atoms with Crippen molar-refractivity contribution in [1.29, 1.82) is 0 Å². The van der Waals surface area contributed by atoms with Gasteiger partial charge in [-0.25, -0.2) is 8.78 Å². The predicted molar refractivity (Wildman–Crippen MR) is 69.7 cm³/mol. The van der Waals surface area contributed by atoms with Crippen LogP contribution in [-0.4, -0.2) is 0 Å². The van der Waals surface area contributed by atoms with Crippen LogP contribution in [0.5, 0.6) is 11.5 Å². The zero-order valence-corrected chi connectivity index (χ0v) is 11.1. The first-order valence-corrected chi connectivity index (χ1v) is 5.95. The van der Waals surface area contributed by atoms with Crippen LogP contribution >= 0.6 is 15.9 Å². The predicted octanol–water partition coefficient (Wildman–Crippen LogP) is 4.41. The molecule has 5 heteroatoms. The Bertz CT molecular complexity index is 602. The lowest BCUT2D eigenvalue weighted by atomic mass is 10.2. The number of rotatable bonds is 2. The first-order valence-electron chi connectivity index (χ1n) is 5.16. The molecule has 0 aliphatic heterocycles. The Balaban J connectivity index is 2.40. The van der Waals surface area contributed by atoms with Crippen LogP contribution in [0.25, 0.3) is 0 Å². The third kappa shape index (κ3) is 2.61. The molecule has 0 heterocycles. The van der Waals surface area contributed by atoms with Crippen LogP contribution in [0.1, 0.15) is 5.56 Å². The lowest BCUT2D eigenvalue weighted by molar-refractivity contribution is 0.459. The molecule has 0 amide bonds. The summed E-state index contributed by atoms with van der Waals surface area (Å²) in [5, 5.41) is 0. The van der Waals surface area contributed by atoms with Crippen LogP contribution in [0.4, 0.5) is 14.5 Å². The highest BCUT2D eigenvalue weighted by Crippen LogP contribution is 2.32. The molecule has 2 N–H and O–H groups in total. The fourth-order valence-corrected chi connectivity index (χ4v) is 1.79. The molecule has 0 aromatic heterocycles. The molecular formula is C13H10BrF2NO. The summed E-state index contributed by atoms with van der Waals surface area (Å²) in [7, 11) is 0. The van der Waals surface area contributed by atoms with Crippen LogP contribution in [0.2, 0.25) is 0 Å². The summed E-state index contributed by atoms with van der Waals surface area (Å²) < 4.78 is 32.4. The molecule has 94 valence electrons. The Hall–Kier alpha value is -1.62. The van der Waals surface area contributed by atoms with Crippen LogP contribution < -0.4 is 10.5 Å². The second-order valence-electron chi connectivity index (χ2n) is 3.82. The van der Waals surface area contributed by atoms with Crippen LogP contribution in [0.15, 0.2) is 34.8 Å². The van der Waals surface area contributed by atoms with E-state index in [1.165, 1.54) is 0 Å². The van der Waals surface area contributed by atoms with Crippen molar-refractivity contribution in [3.8, 4) is 11.5 Å². The van der Waals surface area contributed by atoms with Gasteiger partial charge in [0, 0.05) is 10.5 Å². The van der Waals surface area contributed by atoms with E-state index in [0.717, 1.165) is 16.6 Å². The summed E-state index contributed by atoms with van der Waals surface area (Å²) in [4.78, 5) is 0. The van der Waals surface area contributed by atoms with Gasteiger partial charge in [-0.05, 0) is 36.8 Å². The Labute approximate surface area is 112 Å². The highest BCUT2D eigenvalue weighted by Gasteiger charge is 2.10. The minimum Gasteiger partial charge on any atom is -0.455 e. The minimum atomic E-state index is -0.954. The standard InChI is InChI=1S/C13H10BrF2NO/c1-7-4-9(15)10(16)6-12(7)18-13-5-8(14)2-3-11(13)17/h2-6H,17H2,1H3. The molecular weight excluding hydrogens is 304 g/mol. The van der Waals surface area contributed by atoms with E-state index in [2.05, 4.69) is 15.9 Å². The molecule has 0 fully saturated rings. The number of hydrogen-bond donors (Lipinski definition) is 1. The lowest BCUT2D eigenvalue weighted by Gasteiger charge is -2.11. The number of aryl methyl sites for hydroxylation is 1. The van der Waals surface area contributed by atoms with Crippen LogP contribution in [-0.2, 0) is 0 Å². The number of ether oxygens (including phenoxy) is 1. The van der Waals surface area contributed by atoms with E-state index in [1.54, 1.807) is 25.1 Å². The fraction of sp³-hybridized carbons (Fsp3) is 0.0769. The quantitative estimate of drug-likeness (QED) is 0.833. The maximum absolute atomic E-state index is 13.1. The second-order valence-corrected chi connectivity index (χ2v) is 4.73. The summed E-state index contributed by atoms with van der Waals surface area (Å²) in [5.41, 5.74) is 6.65. The molecule has 18 heavy (non-hydrogen) atoms. The third-order valence-electron chi connectivity index (χ3n) is 2.41. The normalized spacial score (nSPS) is 10.4. The molecule has 2 aromatic rings. The SMILES string of the molecule is Cc1cc(F)c(F)cc1Oc1cc(Br)ccc1N. The minimum absolute atomic E-state index is 0.235. The molecule has 0 bridgehead atoms. The fourth-order valence-electron chi connectivity index (χ4n) is 1.45. The molecule has 0 unspecified atom stereocenters. The first-order chi connectivity index (χ1) is 8.47. The van der Waals surface area contributed by atoms with Gasteiger partial charge in [-0.1, -0.05) is 15.9 Å². The molecule has 2 rings (SSSR count). The number of hydrogen-bond acceptors (Lipinski definition) is 2. The maximum Gasteiger partial charge on any atom is 0.162 e. The van der Waals surface area contributed by atoms with Crippen LogP contribution in [0.3, 0.4) is 0 Å². The van der Waals surface area contributed by atoms with Crippen molar-refractivity contribution in [2.75, 3.05) is 5.73 Å². The summed E-state index contributed by atoms with van der Waals surface area (Å²) in [6.45, 7) is 1.63. The molecule has 0 saturated heterocycles. The van der Waals surface area contributed by atoms with Crippen molar-refractivity contribution in [2.24, 2.45) is 0 Å². The van der Waals surface area contributed by atoms with Crippen molar-refractivity contribution in [1.82, 2.24) is 0 Å². The highest BCUT2D eigenvalue weighted by atomic mass is 79.9. The molecule has 0 radical (unpaired) electrons. The number of nitrogen functional groups attached to an aromatic ring is 1. The van der Waals surface area contributed by atoms with Gasteiger partial charge >= 0.3 is 0 Å². The van der Waals surface area contributed by atoms with E-state index in [1.807, 2.05) is 0 Å². The third-order valence-corrected chi connectivity index (χ3v) is 2.91. The molecule has 0 aliphatic carbocycles. The molecule has 0 atom stereocenters. The highest BCUT2D eigenvalue weighted by molar-refractivity contribution is 9.10. The van der Waals surface area contributed by atoms with Gasteiger partial charge < -0.3 is 10.5 Å². The van der Waals surface area contributed by atoms with Gasteiger partial charge in [-0.15, -0.1) is 0 Å². The smallest absolute Gasteiger partial charge is 0.162 e. The van der Waals surface area contributed by atoms with Crippen molar-refractivity contribution >= 4 is 21.6 Å². The van der Waals surface area contributed by atoms with E-state index in [9.17, 15) is 8.78 Å². The number of halogens is 3. The first kappa shape index (κ1) is 12.8. The molecule has 0 aliphatic rings. The maximum atomic E-state index is 13.1. The Morgan fingerprint density at radius 3 is 2.44 bits per heavy atom. The van der Waals surface area contributed by atoms with Gasteiger partial charge in [0.1, 0.15) is 5.75 Å². The summed E-state index contributed by atoms with van der Waals surface area (Å²) in [6, 6.07) is 7.18. The van der Waals surface area contributed by atoms with E-state index in [0.29, 0.717) is 17.0 Å². The van der Waals surface area contributed by atoms with Crippen LogP contribution in [0, 0.1) is 18.6 Å². The number of nitrogens with two attached hydrogens (primary N) is 1. The molecule has 0 spiro atoms. The summed E-state index contributed by atoms with van der Waals surface area (Å²) >= 11 is 3.28. The Morgan fingerprint density at radius 1 is 1.06 bits per heavy atom. The van der Waals surface area contributed by atoms with E-state index < -0.39 is 11.6 Å². The van der Waals surface area contributed by atoms with Crippen molar-refractivity contribution < 1.29 is 13.5 Å².